The molecule has 0 fully saturated rings. The van der Waals surface area contributed by atoms with Crippen molar-refractivity contribution in [2.45, 2.75) is 19.3 Å². The van der Waals surface area contributed by atoms with Crippen LogP contribution in [0.25, 0.3) is 108 Å². The highest BCUT2D eigenvalue weighted by Gasteiger charge is 2.36. The van der Waals surface area contributed by atoms with Crippen molar-refractivity contribution < 1.29 is 4.42 Å². The van der Waals surface area contributed by atoms with Crippen LogP contribution >= 0.6 is 11.3 Å². The zero-order chi connectivity index (χ0) is 40.1. The molecule has 4 heteroatoms. The third-order valence-electron chi connectivity index (χ3n) is 13.7. The number of aromatic amines is 1. The van der Waals surface area contributed by atoms with Gasteiger partial charge >= 0.3 is 0 Å². The Hall–Kier alpha value is -7.40. The molecule has 0 saturated carbocycles. The fourth-order valence-electron chi connectivity index (χ4n) is 11.1. The van der Waals surface area contributed by atoms with E-state index in [-0.39, 0.29) is 5.41 Å². The van der Waals surface area contributed by atoms with Gasteiger partial charge in [0.15, 0.2) is 0 Å². The van der Waals surface area contributed by atoms with Crippen LogP contribution in [0, 0.1) is 0 Å². The topological polar surface area (TPSA) is 32.2 Å². The normalized spacial score (nSPS) is 13.5. The lowest BCUT2D eigenvalue weighted by Gasteiger charge is -2.29. The van der Waals surface area contributed by atoms with E-state index in [4.69, 9.17) is 4.42 Å². The smallest absolute Gasteiger partial charge is 0.138 e. The average Bonchev–Trinajstić information content (AvgIpc) is 4.05. The Labute approximate surface area is 355 Å². The van der Waals surface area contributed by atoms with Crippen LogP contribution in [0.15, 0.2) is 180 Å². The zero-order valence-electron chi connectivity index (χ0n) is 33.5. The Bertz CT molecular complexity index is 3980. The Kier molecular flexibility index (Phi) is 6.51. The first kappa shape index (κ1) is 33.4. The van der Waals surface area contributed by atoms with E-state index in [0.717, 1.165) is 44.5 Å². The Morgan fingerprint density at radius 3 is 1.93 bits per heavy atom. The third kappa shape index (κ3) is 4.37. The van der Waals surface area contributed by atoms with Gasteiger partial charge in [-0.3, -0.25) is 0 Å². The van der Waals surface area contributed by atoms with Crippen molar-refractivity contribution in [2.24, 2.45) is 0 Å². The molecule has 0 aliphatic heterocycles. The van der Waals surface area contributed by atoms with E-state index in [1.807, 2.05) is 11.3 Å². The molecule has 0 spiro atoms. The summed E-state index contributed by atoms with van der Waals surface area (Å²) in [4.78, 5) is 6.62. The molecule has 1 aliphatic carbocycles. The molecule has 61 heavy (non-hydrogen) atoms. The van der Waals surface area contributed by atoms with Crippen molar-refractivity contribution >= 4 is 114 Å². The van der Waals surface area contributed by atoms with Crippen LogP contribution < -0.4 is 4.90 Å². The number of fused-ring (bicyclic) bond motifs is 14. The second-order valence-electron chi connectivity index (χ2n) is 17.2. The molecule has 0 unspecified atom stereocenters. The van der Waals surface area contributed by atoms with Gasteiger partial charge in [0.2, 0.25) is 0 Å². The fourth-order valence-corrected chi connectivity index (χ4v) is 12.3. The molecule has 286 valence electrons. The summed E-state index contributed by atoms with van der Waals surface area (Å²) in [7, 11) is 0. The van der Waals surface area contributed by atoms with Gasteiger partial charge in [-0.25, -0.2) is 0 Å². The molecule has 0 atom stereocenters. The lowest BCUT2D eigenvalue weighted by Crippen LogP contribution is -2.15. The molecule has 1 aliphatic rings. The van der Waals surface area contributed by atoms with Gasteiger partial charge in [-0.2, -0.15) is 0 Å². The summed E-state index contributed by atoms with van der Waals surface area (Å²) in [6.07, 6.45) is 0. The van der Waals surface area contributed by atoms with E-state index in [0.29, 0.717) is 0 Å². The van der Waals surface area contributed by atoms with Gasteiger partial charge in [-0.15, -0.1) is 11.3 Å². The standard InChI is InChI=1S/C57H36N2OS/c1-57(2)43-23-11-8-20-37(43)40-29-33(27-28-44(40)57)59(45-24-12-9-17-34(45)32-15-4-3-5-16-32)46-25-14-22-39-51-49(61-56(39)46)31-42-36-19-7-6-18-35(36)41-30-48-50(38-21-10-13-26-47(38)60-48)54-52(41)53(42)55(51)58-54/h3-31,58H,1-2H3. The van der Waals surface area contributed by atoms with Crippen molar-refractivity contribution in [3.05, 3.63) is 187 Å². The number of thiophene rings is 1. The number of rotatable bonds is 4. The number of aromatic nitrogens is 1. The van der Waals surface area contributed by atoms with E-state index in [9.17, 15) is 0 Å². The number of furan rings is 1. The second kappa shape index (κ2) is 11.9. The molecule has 3 nitrogen and oxygen atoms in total. The van der Waals surface area contributed by atoms with Crippen LogP contribution in [0.1, 0.15) is 25.0 Å². The Morgan fingerprint density at radius 2 is 1.10 bits per heavy atom. The summed E-state index contributed by atoms with van der Waals surface area (Å²) in [6, 6.07) is 64.8. The number of benzene rings is 10. The van der Waals surface area contributed by atoms with Gasteiger partial charge in [0, 0.05) is 48.3 Å². The molecule has 0 radical (unpaired) electrons. The lowest BCUT2D eigenvalue weighted by atomic mass is 9.82. The number of nitrogens with zero attached hydrogens (tertiary/aromatic N) is 1. The monoisotopic (exact) mass is 796 g/mol. The molecule has 14 rings (SSSR count). The van der Waals surface area contributed by atoms with E-state index in [1.54, 1.807) is 0 Å². The lowest BCUT2D eigenvalue weighted by molar-refractivity contribution is 0.660. The molecule has 3 heterocycles. The fraction of sp³-hybridized carbons (Fsp3) is 0.0526. The maximum absolute atomic E-state index is 6.58. The van der Waals surface area contributed by atoms with Crippen molar-refractivity contribution in [3.8, 4) is 22.3 Å². The van der Waals surface area contributed by atoms with Crippen LogP contribution in [0.5, 0.6) is 0 Å². The highest BCUT2D eigenvalue weighted by molar-refractivity contribution is 7.26. The van der Waals surface area contributed by atoms with E-state index >= 15 is 0 Å². The molecular formula is C57H36N2OS. The first-order valence-electron chi connectivity index (χ1n) is 21.1. The largest absolute Gasteiger partial charge is 0.456 e. The van der Waals surface area contributed by atoms with Gasteiger partial charge < -0.3 is 14.3 Å². The highest BCUT2D eigenvalue weighted by atomic mass is 32.1. The molecule has 3 aromatic heterocycles. The van der Waals surface area contributed by atoms with Gasteiger partial charge in [0.25, 0.3) is 0 Å². The summed E-state index contributed by atoms with van der Waals surface area (Å²) in [5, 5.41) is 12.4. The van der Waals surface area contributed by atoms with E-state index < -0.39 is 0 Å². The maximum atomic E-state index is 6.58. The van der Waals surface area contributed by atoms with Gasteiger partial charge in [-0.1, -0.05) is 147 Å². The van der Waals surface area contributed by atoms with Gasteiger partial charge in [0.05, 0.1) is 32.5 Å². The molecular weight excluding hydrogens is 761 g/mol. The second-order valence-corrected chi connectivity index (χ2v) is 18.3. The third-order valence-corrected chi connectivity index (χ3v) is 14.9. The quantitative estimate of drug-likeness (QED) is 0.180. The number of hydrogen-bond donors (Lipinski definition) is 1. The SMILES string of the molecule is CC1(C)c2ccccc2-c2cc(N(c3ccccc3-c3ccccc3)c3cccc4c3sc3cc5c6ccccc6c6cc7oc8ccccc8c7c7[nH]c(c34)c5c67)ccc21. The number of hydrogen-bond acceptors (Lipinski definition) is 3. The summed E-state index contributed by atoms with van der Waals surface area (Å²) in [5.41, 5.74) is 15.3. The van der Waals surface area contributed by atoms with E-state index in [1.165, 1.54) is 91.4 Å². The van der Waals surface area contributed by atoms with Crippen LogP contribution in [-0.2, 0) is 5.41 Å². The number of para-hydroxylation sites is 2. The predicted molar refractivity (Wildman–Crippen MR) is 260 cm³/mol. The number of H-pyrrole nitrogens is 1. The van der Waals surface area contributed by atoms with Crippen molar-refractivity contribution in [2.75, 3.05) is 4.90 Å². The molecule has 0 bridgehead atoms. The molecule has 10 aromatic carbocycles. The predicted octanol–water partition coefficient (Wildman–Crippen LogP) is 16.8. The first-order chi connectivity index (χ1) is 30.0. The summed E-state index contributed by atoms with van der Waals surface area (Å²) in [5.74, 6) is 0. The Morgan fingerprint density at radius 1 is 0.459 bits per heavy atom. The average molecular weight is 797 g/mol. The van der Waals surface area contributed by atoms with Crippen LogP contribution in [-0.4, -0.2) is 4.98 Å². The minimum atomic E-state index is -0.0815. The zero-order valence-corrected chi connectivity index (χ0v) is 34.3. The Balaban J connectivity index is 1.10. The first-order valence-corrected chi connectivity index (χ1v) is 21.9. The summed E-state index contributed by atoms with van der Waals surface area (Å²) >= 11 is 1.90. The van der Waals surface area contributed by atoms with E-state index in [2.05, 4.69) is 200 Å². The van der Waals surface area contributed by atoms with Crippen LogP contribution in [0.2, 0.25) is 0 Å². The minimum Gasteiger partial charge on any atom is -0.456 e. The maximum Gasteiger partial charge on any atom is 0.138 e. The van der Waals surface area contributed by atoms with Crippen LogP contribution in [0.3, 0.4) is 0 Å². The van der Waals surface area contributed by atoms with Crippen molar-refractivity contribution in [3.63, 3.8) is 0 Å². The summed E-state index contributed by atoms with van der Waals surface area (Å²) < 4.78 is 9.10. The van der Waals surface area contributed by atoms with Crippen molar-refractivity contribution in [1.82, 2.24) is 4.98 Å². The van der Waals surface area contributed by atoms with Gasteiger partial charge in [0.1, 0.15) is 11.2 Å². The van der Waals surface area contributed by atoms with Gasteiger partial charge in [-0.05, 0) is 91.8 Å². The molecule has 0 saturated heterocycles. The molecule has 0 amide bonds. The minimum absolute atomic E-state index is 0.0815. The number of anilines is 3. The number of nitrogens with one attached hydrogen (secondary N) is 1. The highest BCUT2D eigenvalue weighted by Crippen LogP contribution is 2.55. The van der Waals surface area contributed by atoms with Crippen molar-refractivity contribution in [1.29, 1.82) is 0 Å². The summed E-state index contributed by atoms with van der Waals surface area (Å²) in [6.45, 7) is 4.71. The molecule has 13 aromatic rings. The molecule has 1 N–H and O–H groups in total. The van der Waals surface area contributed by atoms with Crippen LogP contribution in [0.4, 0.5) is 17.1 Å².